The fourth-order valence-corrected chi connectivity index (χ4v) is 5.09. The lowest BCUT2D eigenvalue weighted by Gasteiger charge is -2.33. The van der Waals surface area contributed by atoms with Crippen LogP contribution in [0.5, 0.6) is 5.75 Å². The first kappa shape index (κ1) is 19.3. The maximum atomic E-state index is 15.8. The highest BCUT2D eigenvalue weighted by molar-refractivity contribution is 5.86. The van der Waals surface area contributed by atoms with Gasteiger partial charge in [0.15, 0.2) is 11.6 Å². The van der Waals surface area contributed by atoms with Gasteiger partial charge in [-0.15, -0.1) is 0 Å². The van der Waals surface area contributed by atoms with Crippen molar-refractivity contribution in [3.63, 3.8) is 0 Å². The Kier molecular flexibility index (Phi) is 4.46. The maximum Gasteiger partial charge on any atom is 0.511 e. The van der Waals surface area contributed by atoms with Crippen LogP contribution in [0.25, 0.3) is 10.9 Å². The van der Waals surface area contributed by atoms with E-state index in [9.17, 15) is 9.59 Å². The Bertz CT molecular complexity index is 1100. The minimum absolute atomic E-state index is 0.0138. The second-order valence-corrected chi connectivity index (χ2v) is 8.60. The van der Waals surface area contributed by atoms with Crippen LogP contribution in [0.4, 0.5) is 19.3 Å². The van der Waals surface area contributed by atoms with Crippen molar-refractivity contribution in [2.75, 3.05) is 31.6 Å². The quantitative estimate of drug-likeness (QED) is 0.771. The van der Waals surface area contributed by atoms with Crippen molar-refractivity contribution in [3.05, 3.63) is 34.1 Å². The van der Waals surface area contributed by atoms with Gasteiger partial charge < -0.3 is 24.2 Å². The molecule has 2 atom stereocenters. The summed E-state index contributed by atoms with van der Waals surface area (Å²) in [6, 6.07) is 1.21. The molecule has 1 aromatic carbocycles. The monoisotopic (exact) mass is 419 g/mol. The van der Waals surface area contributed by atoms with Crippen LogP contribution in [-0.2, 0) is 0 Å². The first-order chi connectivity index (χ1) is 14.3. The van der Waals surface area contributed by atoms with E-state index in [2.05, 4.69) is 9.64 Å². The Morgan fingerprint density at radius 3 is 2.67 bits per heavy atom. The normalized spacial score (nSPS) is 24.3. The minimum atomic E-state index is -1.64. The molecule has 1 N–H and O–H groups in total. The van der Waals surface area contributed by atoms with Gasteiger partial charge in [0.25, 0.3) is 0 Å². The molecule has 1 aromatic heterocycles. The highest BCUT2D eigenvalue weighted by atomic mass is 19.1. The van der Waals surface area contributed by atoms with Crippen molar-refractivity contribution >= 4 is 22.7 Å². The van der Waals surface area contributed by atoms with Gasteiger partial charge in [0.2, 0.25) is 5.43 Å². The number of nitrogens with zero attached hydrogens (tertiary/aromatic N) is 3. The molecule has 1 saturated carbocycles. The zero-order valence-electron chi connectivity index (χ0n) is 16.6. The van der Waals surface area contributed by atoms with Crippen LogP contribution in [0.2, 0.25) is 0 Å². The number of benzene rings is 1. The van der Waals surface area contributed by atoms with E-state index in [-0.39, 0.29) is 28.7 Å². The zero-order chi connectivity index (χ0) is 21.2. The van der Waals surface area contributed by atoms with Gasteiger partial charge in [0, 0.05) is 25.2 Å². The Hall–Kier alpha value is -2.68. The van der Waals surface area contributed by atoms with Crippen LogP contribution in [-0.4, -0.2) is 53.5 Å². The van der Waals surface area contributed by atoms with Crippen LogP contribution in [0.3, 0.4) is 0 Å². The number of piperidine rings is 1. The summed E-state index contributed by atoms with van der Waals surface area (Å²) >= 11 is 0. The van der Waals surface area contributed by atoms with Crippen LogP contribution in [0, 0.1) is 17.6 Å². The number of pyridine rings is 1. The lowest BCUT2D eigenvalue weighted by molar-refractivity contribution is 0.143. The summed E-state index contributed by atoms with van der Waals surface area (Å²) in [6.45, 7) is 2.09. The average Bonchev–Trinajstić information content (AvgIpc) is 3.43. The molecule has 0 radical (unpaired) electrons. The predicted octanol–water partition coefficient (Wildman–Crippen LogP) is 3.20. The molecule has 0 spiro atoms. The van der Waals surface area contributed by atoms with Crippen LogP contribution < -0.4 is 15.1 Å². The number of carbonyl (C=O) groups is 1. The summed E-state index contributed by atoms with van der Waals surface area (Å²) in [6.07, 6.45) is 3.24. The number of aromatic nitrogens is 1. The molecule has 5 rings (SSSR count). The van der Waals surface area contributed by atoms with Crippen molar-refractivity contribution in [3.8, 4) is 5.75 Å². The van der Waals surface area contributed by atoms with Crippen molar-refractivity contribution in [2.45, 2.75) is 37.8 Å². The van der Waals surface area contributed by atoms with Gasteiger partial charge in [-0.1, -0.05) is 0 Å². The number of ether oxygens (including phenoxy) is 1. The van der Waals surface area contributed by atoms with Crippen molar-refractivity contribution in [1.82, 2.24) is 9.47 Å². The molecular formula is C21H23F2N3O4. The highest BCUT2D eigenvalue weighted by Gasteiger charge is 2.40. The number of carboxylic acid groups (broad SMARTS) is 1. The van der Waals surface area contributed by atoms with E-state index in [0.29, 0.717) is 19.0 Å². The smallest absolute Gasteiger partial charge is 0.449 e. The van der Waals surface area contributed by atoms with Gasteiger partial charge in [-0.05, 0) is 51.3 Å². The minimum Gasteiger partial charge on any atom is -0.449 e. The van der Waals surface area contributed by atoms with Gasteiger partial charge >= 0.3 is 6.16 Å². The number of hydrogen-bond acceptors (Lipinski definition) is 5. The Balaban J connectivity index is 1.65. The molecule has 0 amide bonds. The molecule has 3 fully saturated rings. The summed E-state index contributed by atoms with van der Waals surface area (Å²) in [4.78, 5) is 27.6. The lowest BCUT2D eigenvalue weighted by Crippen LogP contribution is -2.42. The summed E-state index contributed by atoms with van der Waals surface area (Å²) < 4.78 is 37.0. The first-order valence-electron chi connectivity index (χ1n) is 10.3. The number of likely N-dealkylation sites (N-methyl/N-ethyl adjacent to an activating group) is 1. The number of halogens is 2. The van der Waals surface area contributed by atoms with Gasteiger partial charge in [-0.25, -0.2) is 13.6 Å². The molecular weight excluding hydrogens is 396 g/mol. The fourth-order valence-electron chi connectivity index (χ4n) is 5.09. The molecule has 160 valence electrons. The van der Waals surface area contributed by atoms with E-state index in [1.807, 2.05) is 7.05 Å². The first-order valence-corrected chi connectivity index (χ1v) is 10.3. The second kappa shape index (κ2) is 6.94. The lowest BCUT2D eigenvalue weighted by atomic mass is 9.93. The average molecular weight is 419 g/mol. The number of hydrogen-bond donors (Lipinski definition) is 1. The van der Waals surface area contributed by atoms with E-state index in [0.717, 1.165) is 38.3 Å². The van der Waals surface area contributed by atoms with Gasteiger partial charge in [0.1, 0.15) is 11.5 Å². The number of anilines is 1. The highest BCUT2D eigenvalue weighted by Crippen LogP contribution is 2.41. The van der Waals surface area contributed by atoms with Crippen LogP contribution in [0.15, 0.2) is 17.1 Å². The third-order valence-corrected chi connectivity index (χ3v) is 6.66. The molecule has 7 nitrogen and oxygen atoms in total. The van der Waals surface area contributed by atoms with Crippen molar-refractivity contribution in [2.24, 2.45) is 5.92 Å². The van der Waals surface area contributed by atoms with Gasteiger partial charge in [-0.3, -0.25) is 4.79 Å². The Morgan fingerprint density at radius 1 is 1.23 bits per heavy atom. The molecule has 2 saturated heterocycles. The summed E-state index contributed by atoms with van der Waals surface area (Å²) in [5, 5.41) is 8.70. The molecule has 1 aliphatic carbocycles. The predicted molar refractivity (Wildman–Crippen MR) is 106 cm³/mol. The Morgan fingerprint density at radius 2 is 2.00 bits per heavy atom. The fraction of sp³-hybridized carbons (Fsp3) is 0.524. The number of likely N-dealkylation sites (tertiary alicyclic amines) is 1. The molecule has 0 unspecified atom stereocenters. The third-order valence-electron chi connectivity index (χ3n) is 6.66. The number of rotatable bonds is 3. The summed E-state index contributed by atoms with van der Waals surface area (Å²) in [7, 11) is 2.04. The molecule has 3 aliphatic rings. The molecule has 3 heterocycles. The molecule has 2 aliphatic heterocycles. The van der Waals surface area contributed by atoms with E-state index in [4.69, 9.17) is 5.11 Å². The maximum absolute atomic E-state index is 15.8. The zero-order valence-corrected chi connectivity index (χ0v) is 16.6. The third kappa shape index (κ3) is 3.03. The summed E-state index contributed by atoms with van der Waals surface area (Å²) in [5.74, 6) is -1.66. The van der Waals surface area contributed by atoms with Crippen molar-refractivity contribution < 1.29 is 23.4 Å². The Labute approximate surface area is 171 Å². The number of fused-ring (bicyclic) bond motifs is 2. The second-order valence-electron chi connectivity index (χ2n) is 8.60. The molecule has 30 heavy (non-hydrogen) atoms. The van der Waals surface area contributed by atoms with E-state index < -0.39 is 29.0 Å². The summed E-state index contributed by atoms with van der Waals surface area (Å²) in [5.41, 5.74) is -0.922. The van der Waals surface area contributed by atoms with E-state index in [1.54, 1.807) is 4.90 Å². The van der Waals surface area contributed by atoms with Crippen LogP contribution in [0.1, 0.15) is 31.7 Å². The molecule has 9 heteroatoms. The van der Waals surface area contributed by atoms with Crippen molar-refractivity contribution in [1.29, 1.82) is 0 Å². The SMILES string of the molecule is CN1CCC[C@@H]2CN(c3c(F)cc4c(=O)c(OC(=O)O)cn(C5CC5)c4c3F)C[C@@H]21. The van der Waals surface area contributed by atoms with E-state index in [1.165, 1.54) is 10.8 Å². The van der Waals surface area contributed by atoms with Gasteiger partial charge in [0.05, 0.1) is 17.1 Å². The molecule has 0 bridgehead atoms. The standard InChI is InChI=1S/C21H23F2N3O4/c1-24-6-2-3-11-8-25(9-15(11)24)19-14(22)7-13-18(17(19)23)26(12-4-5-12)10-16(20(13)27)30-21(28)29/h7,10-12,15H,2-6,8-9H2,1H3,(H,28,29)/t11-,15+/m1/s1. The van der Waals surface area contributed by atoms with E-state index >= 15 is 8.78 Å². The van der Waals surface area contributed by atoms with Crippen LogP contribution >= 0.6 is 0 Å². The molecule has 2 aromatic rings. The topological polar surface area (TPSA) is 75.0 Å². The van der Waals surface area contributed by atoms with Gasteiger partial charge in [-0.2, -0.15) is 0 Å². The largest absolute Gasteiger partial charge is 0.511 e.